The van der Waals surface area contributed by atoms with E-state index in [1.165, 1.54) is 10.6 Å². The normalized spacial score (nSPS) is 42.8. The highest BCUT2D eigenvalue weighted by atomic mass is 32.2. The van der Waals surface area contributed by atoms with Crippen LogP contribution in [0.5, 0.6) is 0 Å². The lowest BCUT2D eigenvalue weighted by Crippen LogP contribution is -2.11. The van der Waals surface area contributed by atoms with Crippen molar-refractivity contribution in [3.63, 3.8) is 0 Å². The fourth-order valence-corrected chi connectivity index (χ4v) is 2.58. The molecule has 1 rings (SSSR count). The number of rotatable bonds is 1. The van der Waals surface area contributed by atoms with Crippen LogP contribution in [0.2, 0.25) is 0 Å². The lowest BCUT2D eigenvalue weighted by atomic mass is 10.4. The lowest BCUT2D eigenvalue weighted by molar-refractivity contribution is 0.556. The molecule has 0 N–H and O–H groups in total. The average molecular weight is 149 g/mol. The largest absolute Gasteiger partial charge is 0.212 e. The van der Waals surface area contributed by atoms with E-state index in [0.717, 1.165) is 0 Å². The summed E-state index contributed by atoms with van der Waals surface area (Å²) < 4.78 is 23.0. The van der Waals surface area contributed by atoms with Gasteiger partial charge in [-0.05, 0) is 13.8 Å². The van der Waals surface area contributed by atoms with Crippen molar-refractivity contribution in [3.05, 3.63) is 0 Å². The fourth-order valence-electron chi connectivity index (χ4n) is 1.07. The quantitative estimate of drug-likeness (QED) is 0.493. The Morgan fingerprint density at radius 1 is 1.22 bits per heavy atom. The summed E-state index contributed by atoms with van der Waals surface area (Å²) in [6.07, 6.45) is 1.24. The average Bonchev–Trinajstić information content (AvgIpc) is 2.11. The van der Waals surface area contributed by atoms with Crippen LogP contribution < -0.4 is 0 Å². The van der Waals surface area contributed by atoms with Crippen LogP contribution in [-0.4, -0.2) is 31.1 Å². The standard InChI is InChI=1S/C5H11NO2S/c1-4-5(2)6(4)9(3,7)8/h4-5H,1-3H3/t4-,5-/m0/s1. The van der Waals surface area contributed by atoms with Crippen molar-refractivity contribution >= 4 is 10.0 Å². The van der Waals surface area contributed by atoms with Crippen LogP contribution in [0.1, 0.15) is 13.8 Å². The molecule has 2 atom stereocenters. The third-order valence-corrected chi connectivity index (χ3v) is 3.23. The van der Waals surface area contributed by atoms with Crippen LogP contribution in [0.3, 0.4) is 0 Å². The minimum absolute atomic E-state index is 0.222. The Morgan fingerprint density at radius 3 is 1.56 bits per heavy atom. The Balaban J connectivity index is 2.72. The molecule has 0 aromatic heterocycles. The Morgan fingerprint density at radius 2 is 1.56 bits per heavy atom. The van der Waals surface area contributed by atoms with E-state index < -0.39 is 10.0 Å². The van der Waals surface area contributed by atoms with Gasteiger partial charge in [-0.15, -0.1) is 0 Å². The molecule has 1 aliphatic heterocycles. The third-order valence-electron chi connectivity index (χ3n) is 1.79. The summed E-state index contributed by atoms with van der Waals surface area (Å²) >= 11 is 0. The minimum Gasteiger partial charge on any atom is -0.212 e. The second kappa shape index (κ2) is 1.70. The summed E-state index contributed by atoms with van der Waals surface area (Å²) in [5.41, 5.74) is 0. The van der Waals surface area contributed by atoms with Crippen LogP contribution in [-0.2, 0) is 10.0 Å². The van der Waals surface area contributed by atoms with Crippen molar-refractivity contribution in [1.82, 2.24) is 4.31 Å². The SMILES string of the molecule is C[C@H]1[C@H](C)N1S(C)(=O)=O. The summed E-state index contributed by atoms with van der Waals surface area (Å²) in [6, 6.07) is 0.444. The smallest absolute Gasteiger partial charge is 0.211 e. The predicted molar refractivity (Wildman–Crippen MR) is 35.6 cm³/mol. The van der Waals surface area contributed by atoms with Gasteiger partial charge >= 0.3 is 0 Å². The molecule has 0 unspecified atom stereocenters. The molecule has 0 saturated carbocycles. The Kier molecular flexibility index (Phi) is 1.33. The maximum atomic E-state index is 10.7. The van der Waals surface area contributed by atoms with E-state index in [2.05, 4.69) is 0 Å². The van der Waals surface area contributed by atoms with E-state index >= 15 is 0 Å². The van der Waals surface area contributed by atoms with E-state index in [1.54, 1.807) is 0 Å². The zero-order valence-corrected chi connectivity index (χ0v) is 6.64. The topological polar surface area (TPSA) is 37.1 Å². The molecule has 0 aromatic carbocycles. The van der Waals surface area contributed by atoms with Gasteiger partial charge in [0.15, 0.2) is 0 Å². The molecule has 1 heterocycles. The molecule has 0 spiro atoms. The van der Waals surface area contributed by atoms with Gasteiger partial charge in [0.25, 0.3) is 0 Å². The molecular weight excluding hydrogens is 138 g/mol. The van der Waals surface area contributed by atoms with Crippen molar-refractivity contribution in [1.29, 1.82) is 0 Å². The maximum absolute atomic E-state index is 10.7. The molecule has 4 heteroatoms. The molecule has 0 aromatic rings. The summed E-state index contributed by atoms with van der Waals surface area (Å²) in [5, 5.41) is 0. The second-order valence-corrected chi connectivity index (χ2v) is 4.46. The first-order valence-corrected chi connectivity index (χ1v) is 4.78. The predicted octanol–water partition coefficient (Wildman–Crippen LogP) is 0.0386. The van der Waals surface area contributed by atoms with Crippen molar-refractivity contribution in [2.45, 2.75) is 25.9 Å². The number of nitrogens with zero attached hydrogens (tertiary/aromatic N) is 1. The highest BCUT2D eigenvalue weighted by molar-refractivity contribution is 7.88. The molecular formula is C5H11NO2S. The van der Waals surface area contributed by atoms with E-state index in [4.69, 9.17) is 0 Å². The summed E-state index contributed by atoms with van der Waals surface area (Å²) in [5.74, 6) is 0. The second-order valence-electron chi connectivity index (χ2n) is 2.57. The fraction of sp³-hybridized carbons (Fsp3) is 1.00. The number of sulfonamides is 1. The maximum Gasteiger partial charge on any atom is 0.211 e. The molecule has 1 fully saturated rings. The number of hydrogen-bond acceptors (Lipinski definition) is 2. The van der Waals surface area contributed by atoms with E-state index in [-0.39, 0.29) is 12.1 Å². The first-order chi connectivity index (χ1) is 3.94. The summed E-state index contributed by atoms with van der Waals surface area (Å²) in [7, 11) is -2.89. The van der Waals surface area contributed by atoms with Crippen LogP contribution >= 0.6 is 0 Å². The lowest BCUT2D eigenvalue weighted by Gasteiger charge is -1.94. The van der Waals surface area contributed by atoms with Gasteiger partial charge in [-0.25, -0.2) is 8.42 Å². The number of hydrogen-bond donors (Lipinski definition) is 0. The van der Waals surface area contributed by atoms with Crippen LogP contribution in [0.15, 0.2) is 0 Å². The van der Waals surface area contributed by atoms with Gasteiger partial charge in [0.1, 0.15) is 0 Å². The highest BCUT2D eigenvalue weighted by Crippen LogP contribution is 2.29. The van der Waals surface area contributed by atoms with E-state index in [9.17, 15) is 8.42 Å². The van der Waals surface area contributed by atoms with Crippen molar-refractivity contribution in [2.24, 2.45) is 0 Å². The van der Waals surface area contributed by atoms with Crippen molar-refractivity contribution in [2.75, 3.05) is 6.26 Å². The van der Waals surface area contributed by atoms with Gasteiger partial charge in [-0.1, -0.05) is 0 Å². The van der Waals surface area contributed by atoms with Crippen LogP contribution in [0.4, 0.5) is 0 Å². The first kappa shape index (κ1) is 7.02. The molecule has 0 amide bonds. The molecule has 9 heavy (non-hydrogen) atoms. The zero-order chi connectivity index (χ0) is 7.23. The van der Waals surface area contributed by atoms with Gasteiger partial charge in [0.05, 0.1) is 6.26 Å². The van der Waals surface area contributed by atoms with Gasteiger partial charge in [-0.2, -0.15) is 4.31 Å². The molecule has 54 valence electrons. The zero-order valence-electron chi connectivity index (χ0n) is 5.83. The third kappa shape index (κ3) is 1.09. The summed E-state index contributed by atoms with van der Waals surface area (Å²) in [6.45, 7) is 3.82. The van der Waals surface area contributed by atoms with E-state index in [1.807, 2.05) is 13.8 Å². The molecule has 0 bridgehead atoms. The molecule has 1 saturated heterocycles. The Bertz CT molecular complexity index is 201. The van der Waals surface area contributed by atoms with E-state index in [0.29, 0.717) is 0 Å². The van der Waals surface area contributed by atoms with Gasteiger partial charge < -0.3 is 0 Å². The Hall–Kier alpha value is -0.0900. The molecule has 0 aliphatic carbocycles. The van der Waals surface area contributed by atoms with Gasteiger partial charge in [-0.3, -0.25) is 0 Å². The van der Waals surface area contributed by atoms with Gasteiger partial charge in [0, 0.05) is 12.1 Å². The highest BCUT2D eigenvalue weighted by Gasteiger charge is 2.46. The Labute approximate surface area is 55.7 Å². The van der Waals surface area contributed by atoms with Crippen molar-refractivity contribution < 1.29 is 8.42 Å². The monoisotopic (exact) mass is 149 g/mol. The molecule has 3 nitrogen and oxygen atoms in total. The van der Waals surface area contributed by atoms with Gasteiger partial charge in [0.2, 0.25) is 10.0 Å². The van der Waals surface area contributed by atoms with Crippen molar-refractivity contribution in [3.8, 4) is 0 Å². The van der Waals surface area contributed by atoms with Crippen LogP contribution in [0.25, 0.3) is 0 Å². The molecule has 0 radical (unpaired) electrons. The first-order valence-electron chi connectivity index (χ1n) is 2.93. The minimum atomic E-state index is -2.89. The summed E-state index contributed by atoms with van der Waals surface area (Å²) in [4.78, 5) is 0. The molecule has 1 aliphatic rings. The van der Waals surface area contributed by atoms with Crippen LogP contribution in [0, 0.1) is 0 Å².